The quantitative estimate of drug-likeness (QED) is 0.817. The Bertz CT molecular complexity index is 473. The molecular formula is C15H22N2O2. The van der Waals surface area contributed by atoms with E-state index in [2.05, 4.69) is 5.32 Å². The monoisotopic (exact) mass is 262 g/mol. The number of piperidine rings is 1. The van der Waals surface area contributed by atoms with Gasteiger partial charge in [0.2, 0.25) is 0 Å². The smallest absolute Gasteiger partial charge is 0.321 e. The first-order valence-electron chi connectivity index (χ1n) is 6.78. The lowest BCUT2D eigenvalue weighted by atomic mass is 9.96. The predicted molar refractivity (Wildman–Crippen MR) is 76.3 cm³/mol. The van der Waals surface area contributed by atoms with Crippen LogP contribution in [0, 0.1) is 19.8 Å². The number of β-amino-alcohol motifs (C(OH)–C–C–N with tert-alkyl or cyclic N) is 1. The SMILES string of the molecule is Cc1ccc(C)c(NC(=O)N2CCC(C)C(O)C2)c1. The van der Waals surface area contributed by atoms with E-state index < -0.39 is 6.10 Å². The van der Waals surface area contributed by atoms with Crippen LogP contribution >= 0.6 is 0 Å². The Morgan fingerprint density at radius 2 is 2.16 bits per heavy atom. The fraction of sp³-hybridized carbons (Fsp3) is 0.533. The number of aliphatic hydroxyl groups excluding tert-OH is 1. The second kappa shape index (κ2) is 5.61. The summed E-state index contributed by atoms with van der Waals surface area (Å²) in [5.74, 6) is 0.268. The number of hydrogen-bond donors (Lipinski definition) is 2. The Labute approximate surface area is 114 Å². The van der Waals surface area contributed by atoms with Crippen molar-refractivity contribution in [3.05, 3.63) is 29.3 Å². The average Bonchev–Trinajstić information content (AvgIpc) is 2.37. The van der Waals surface area contributed by atoms with Crippen LogP contribution in [0.15, 0.2) is 18.2 Å². The van der Waals surface area contributed by atoms with Crippen LogP contribution in [0.5, 0.6) is 0 Å². The van der Waals surface area contributed by atoms with Gasteiger partial charge in [0, 0.05) is 18.8 Å². The van der Waals surface area contributed by atoms with Gasteiger partial charge in [0.15, 0.2) is 0 Å². The minimum absolute atomic E-state index is 0.125. The fourth-order valence-electron chi connectivity index (χ4n) is 2.30. The second-order valence-electron chi connectivity index (χ2n) is 5.53. The molecule has 2 N–H and O–H groups in total. The van der Waals surface area contributed by atoms with Crippen molar-refractivity contribution in [1.29, 1.82) is 0 Å². The number of anilines is 1. The number of aryl methyl sites for hydroxylation is 2. The molecule has 0 aromatic heterocycles. The van der Waals surface area contributed by atoms with E-state index in [9.17, 15) is 9.90 Å². The number of amides is 2. The predicted octanol–water partition coefficient (Wildman–Crippen LogP) is 2.54. The van der Waals surface area contributed by atoms with Gasteiger partial charge in [0.05, 0.1) is 6.10 Å². The molecule has 0 bridgehead atoms. The second-order valence-corrected chi connectivity index (χ2v) is 5.53. The van der Waals surface area contributed by atoms with Crippen LogP contribution in [0.4, 0.5) is 10.5 Å². The highest BCUT2D eigenvalue weighted by Crippen LogP contribution is 2.20. The zero-order valence-electron chi connectivity index (χ0n) is 11.8. The lowest BCUT2D eigenvalue weighted by molar-refractivity contribution is 0.0464. The minimum Gasteiger partial charge on any atom is -0.391 e. The largest absolute Gasteiger partial charge is 0.391 e. The number of benzene rings is 1. The summed E-state index contributed by atoms with van der Waals surface area (Å²) in [6.07, 6.45) is 0.430. The zero-order valence-corrected chi connectivity index (χ0v) is 11.8. The summed E-state index contributed by atoms with van der Waals surface area (Å²) in [5.41, 5.74) is 3.01. The first-order valence-corrected chi connectivity index (χ1v) is 6.78. The summed E-state index contributed by atoms with van der Waals surface area (Å²) in [6, 6.07) is 5.87. The van der Waals surface area contributed by atoms with Crippen molar-refractivity contribution >= 4 is 11.7 Å². The third-order valence-electron chi connectivity index (χ3n) is 3.84. The van der Waals surface area contributed by atoms with E-state index in [1.54, 1.807) is 4.90 Å². The van der Waals surface area contributed by atoms with Gasteiger partial charge >= 0.3 is 6.03 Å². The van der Waals surface area contributed by atoms with Gasteiger partial charge < -0.3 is 15.3 Å². The summed E-state index contributed by atoms with van der Waals surface area (Å²) >= 11 is 0. The molecule has 0 radical (unpaired) electrons. The summed E-state index contributed by atoms with van der Waals surface area (Å²) in [7, 11) is 0. The summed E-state index contributed by atoms with van der Waals surface area (Å²) in [4.78, 5) is 13.9. The molecule has 1 aliphatic rings. The van der Waals surface area contributed by atoms with Gasteiger partial charge in [-0.15, -0.1) is 0 Å². The highest BCUT2D eigenvalue weighted by atomic mass is 16.3. The van der Waals surface area contributed by atoms with Crippen LogP contribution in [-0.2, 0) is 0 Å². The molecule has 2 atom stereocenters. The molecule has 104 valence electrons. The molecular weight excluding hydrogens is 240 g/mol. The Kier molecular flexibility index (Phi) is 4.10. The van der Waals surface area contributed by atoms with Gasteiger partial charge in [-0.25, -0.2) is 4.79 Å². The average molecular weight is 262 g/mol. The first kappa shape index (κ1) is 13.9. The standard InChI is InChI=1S/C15H22N2O2/c1-10-4-5-11(2)13(8-10)16-15(19)17-7-6-12(3)14(18)9-17/h4-5,8,12,14,18H,6-7,9H2,1-3H3,(H,16,19). The zero-order chi connectivity index (χ0) is 14.0. The molecule has 1 fully saturated rings. The Morgan fingerprint density at radius 1 is 1.42 bits per heavy atom. The molecule has 1 aromatic rings. The number of aliphatic hydroxyl groups is 1. The molecule has 1 saturated heterocycles. The first-order chi connectivity index (χ1) is 8.97. The van der Waals surface area contributed by atoms with Crippen LogP contribution < -0.4 is 5.32 Å². The number of carbonyl (C=O) groups excluding carboxylic acids is 1. The number of rotatable bonds is 1. The highest BCUT2D eigenvalue weighted by molar-refractivity contribution is 5.90. The van der Waals surface area contributed by atoms with Crippen molar-refractivity contribution in [3.63, 3.8) is 0 Å². The maximum Gasteiger partial charge on any atom is 0.321 e. The number of urea groups is 1. The van der Waals surface area contributed by atoms with Crippen molar-refractivity contribution < 1.29 is 9.90 Å². The number of nitrogens with one attached hydrogen (secondary N) is 1. The fourth-order valence-corrected chi connectivity index (χ4v) is 2.30. The molecule has 0 spiro atoms. The molecule has 4 heteroatoms. The Morgan fingerprint density at radius 3 is 2.84 bits per heavy atom. The van der Waals surface area contributed by atoms with E-state index >= 15 is 0 Å². The van der Waals surface area contributed by atoms with Gasteiger partial charge in [0.25, 0.3) is 0 Å². The van der Waals surface area contributed by atoms with Crippen LogP contribution in [0.25, 0.3) is 0 Å². The Hall–Kier alpha value is -1.55. The van der Waals surface area contributed by atoms with Crippen molar-refractivity contribution in [3.8, 4) is 0 Å². The number of carbonyl (C=O) groups is 1. The van der Waals surface area contributed by atoms with Gasteiger partial charge in [0.1, 0.15) is 0 Å². The van der Waals surface area contributed by atoms with E-state index in [1.165, 1.54) is 0 Å². The van der Waals surface area contributed by atoms with Gasteiger partial charge in [-0.2, -0.15) is 0 Å². The van der Waals surface area contributed by atoms with Crippen LogP contribution in [-0.4, -0.2) is 35.2 Å². The van der Waals surface area contributed by atoms with Crippen LogP contribution in [0.2, 0.25) is 0 Å². The third kappa shape index (κ3) is 3.26. The number of nitrogens with zero attached hydrogens (tertiary/aromatic N) is 1. The normalized spacial score (nSPS) is 23.3. The highest BCUT2D eigenvalue weighted by Gasteiger charge is 2.27. The topological polar surface area (TPSA) is 52.6 Å². The maximum absolute atomic E-state index is 12.2. The third-order valence-corrected chi connectivity index (χ3v) is 3.84. The lowest BCUT2D eigenvalue weighted by Crippen LogP contribution is -2.47. The van der Waals surface area contributed by atoms with E-state index in [1.807, 2.05) is 39.0 Å². The maximum atomic E-state index is 12.2. The van der Waals surface area contributed by atoms with Gasteiger partial charge in [-0.3, -0.25) is 0 Å². The summed E-state index contributed by atoms with van der Waals surface area (Å²) < 4.78 is 0. The molecule has 1 heterocycles. The molecule has 2 rings (SSSR count). The molecule has 2 amide bonds. The lowest BCUT2D eigenvalue weighted by Gasteiger charge is -2.34. The molecule has 19 heavy (non-hydrogen) atoms. The van der Waals surface area contributed by atoms with Crippen molar-refractivity contribution in [2.24, 2.45) is 5.92 Å². The van der Waals surface area contributed by atoms with Crippen molar-refractivity contribution in [2.75, 3.05) is 18.4 Å². The van der Waals surface area contributed by atoms with Crippen molar-refractivity contribution in [1.82, 2.24) is 4.90 Å². The minimum atomic E-state index is -0.418. The van der Waals surface area contributed by atoms with E-state index in [0.29, 0.717) is 13.1 Å². The molecule has 2 unspecified atom stereocenters. The molecule has 0 saturated carbocycles. The van der Waals surface area contributed by atoms with E-state index in [0.717, 1.165) is 23.2 Å². The van der Waals surface area contributed by atoms with Crippen LogP contribution in [0.1, 0.15) is 24.5 Å². The number of hydrogen-bond acceptors (Lipinski definition) is 2. The number of likely N-dealkylation sites (tertiary alicyclic amines) is 1. The van der Waals surface area contributed by atoms with Gasteiger partial charge in [-0.1, -0.05) is 19.1 Å². The van der Waals surface area contributed by atoms with Crippen LogP contribution in [0.3, 0.4) is 0 Å². The summed E-state index contributed by atoms with van der Waals surface area (Å²) in [6.45, 7) is 7.11. The van der Waals surface area contributed by atoms with Gasteiger partial charge in [-0.05, 0) is 43.4 Å². The Balaban J connectivity index is 2.03. The van der Waals surface area contributed by atoms with E-state index in [4.69, 9.17) is 0 Å². The molecule has 1 aliphatic heterocycles. The van der Waals surface area contributed by atoms with E-state index in [-0.39, 0.29) is 11.9 Å². The molecule has 4 nitrogen and oxygen atoms in total. The summed E-state index contributed by atoms with van der Waals surface area (Å²) in [5, 5.41) is 12.8. The van der Waals surface area contributed by atoms with Crippen molar-refractivity contribution in [2.45, 2.75) is 33.3 Å². The molecule has 1 aromatic carbocycles. The molecule has 0 aliphatic carbocycles.